The van der Waals surface area contributed by atoms with E-state index in [-0.39, 0.29) is 17.3 Å². The Balaban J connectivity index is 1.35. The van der Waals surface area contributed by atoms with Crippen molar-refractivity contribution in [3.05, 3.63) is 29.8 Å². The minimum absolute atomic E-state index is 0.0739. The molecule has 4 bridgehead atoms. The quantitative estimate of drug-likeness (QED) is 0.895. The molecule has 5 fully saturated rings. The van der Waals surface area contributed by atoms with Crippen LogP contribution < -0.4 is 0 Å². The lowest BCUT2D eigenvalue weighted by atomic mass is 9.49. The highest BCUT2D eigenvalue weighted by atomic mass is 16.5. The highest BCUT2D eigenvalue weighted by molar-refractivity contribution is 5.83. The minimum atomic E-state index is -0.126. The first-order valence-corrected chi connectivity index (χ1v) is 9.81. The molecule has 1 amide bonds. The first kappa shape index (κ1) is 15.7. The molecule has 5 aliphatic rings. The lowest BCUT2D eigenvalue weighted by Crippen LogP contribution is -2.56. The fourth-order valence-corrected chi connectivity index (χ4v) is 6.47. The molecular weight excluding hydrogens is 314 g/mol. The number of carbonyl (C=O) groups is 1. The van der Waals surface area contributed by atoms with E-state index < -0.39 is 0 Å². The number of hydrogen-bond acceptors (Lipinski definition) is 3. The van der Waals surface area contributed by atoms with Gasteiger partial charge in [-0.2, -0.15) is 0 Å². The van der Waals surface area contributed by atoms with E-state index >= 15 is 0 Å². The van der Waals surface area contributed by atoms with Crippen LogP contribution >= 0.6 is 0 Å². The summed E-state index contributed by atoms with van der Waals surface area (Å²) in [6, 6.07) is 7.24. The van der Waals surface area contributed by atoms with E-state index in [9.17, 15) is 9.90 Å². The van der Waals surface area contributed by atoms with Gasteiger partial charge in [0.05, 0.1) is 18.6 Å². The third-order valence-corrected chi connectivity index (χ3v) is 7.09. The zero-order valence-corrected chi connectivity index (χ0v) is 14.7. The van der Waals surface area contributed by atoms with Gasteiger partial charge in [-0.1, -0.05) is 12.1 Å². The highest BCUT2D eigenvalue weighted by Crippen LogP contribution is 2.60. The molecule has 0 radical (unpaired) electrons. The van der Waals surface area contributed by atoms with Gasteiger partial charge in [-0.25, -0.2) is 0 Å². The summed E-state index contributed by atoms with van der Waals surface area (Å²) in [6.07, 6.45) is 7.31. The second-order valence-corrected chi connectivity index (χ2v) is 8.90. The van der Waals surface area contributed by atoms with Gasteiger partial charge < -0.3 is 14.7 Å². The van der Waals surface area contributed by atoms with Crippen LogP contribution in [0, 0.1) is 23.2 Å². The summed E-state index contributed by atoms with van der Waals surface area (Å²) in [4.78, 5) is 15.6. The van der Waals surface area contributed by atoms with Crippen LogP contribution in [0.1, 0.15) is 50.2 Å². The summed E-state index contributed by atoms with van der Waals surface area (Å²) in [5.74, 6) is 3.01. The third kappa shape index (κ3) is 2.66. The van der Waals surface area contributed by atoms with Gasteiger partial charge in [0.25, 0.3) is 0 Å². The van der Waals surface area contributed by atoms with E-state index in [1.54, 1.807) is 12.1 Å². The molecule has 1 aromatic carbocycles. The molecule has 6 rings (SSSR count). The van der Waals surface area contributed by atoms with Crippen LogP contribution in [0.5, 0.6) is 5.75 Å². The number of aromatic hydroxyl groups is 1. The lowest BCUT2D eigenvalue weighted by molar-refractivity contribution is -0.164. The Kier molecular flexibility index (Phi) is 3.60. The van der Waals surface area contributed by atoms with Crippen molar-refractivity contribution in [1.29, 1.82) is 0 Å². The monoisotopic (exact) mass is 341 g/mol. The fourth-order valence-electron chi connectivity index (χ4n) is 6.47. The number of phenols is 1. The molecule has 4 aliphatic carbocycles. The topological polar surface area (TPSA) is 49.8 Å². The third-order valence-electron chi connectivity index (χ3n) is 7.09. The average Bonchev–Trinajstić information content (AvgIpc) is 2.60. The van der Waals surface area contributed by atoms with Gasteiger partial charge in [0.15, 0.2) is 0 Å². The predicted octanol–water partition coefficient (Wildman–Crippen LogP) is 3.51. The van der Waals surface area contributed by atoms with E-state index in [4.69, 9.17) is 4.74 Å². The predicted molar refractivity (Wildman–Crippen MR) is 94.0 cm³/mol. The van der Waals surface area contributed by atoms with Crippen molar-refractivity contribution in [2.45, 2.75) is 44.6 Å². The summed E-state index contributed by atoms with van der Waals surface area (Å²) in [6.45, 7) is 1.90. The molecule has 4 heteroatoms. The summed E-state index contributed by atoms with van der Waals surface area (Å²) in [5.41, 5.74) is 0.887. The van der Waals surface area contributed by atoms with Gasteiger partial charge >= 0.3 is 0 Å². The number of morpholine rings is 1. The SMILES string of the molecule is O=C(N1CCO[C@H](c2cccc(O)c2)C1)C12CC3CC(CC(C3)C1)C2. The number of nitrogens with zero attached hydrogens (tertiary/aromatic N) is 1. The second kappa shape index (κ2) is 5.73. The number of rotatable bonds is 2. The van der Waals surface area contributed by atoms with Crippen molar-refractivity contribution < 1.29 is 14.6 Å². The minimum Gasteiger partial charge on any atom is -0.508 e. The molecule has 1 saturated heterocycles. The molecule has 1 aliphatic heterocycles. The Bertz CT molecular complexity index is 650. The molecule has 25 heavy (non-hydrogen) atoms. The maximum Gasteiger partial charge on any atom is 0.228 e. The van der Waals surface area contributed by atoms with Crippen molar-refractivity contribution in [2.75, 3.05) is 19.7 Å². The summed E-state index contributed by atoms with van der Waals surface area (Å²) in [5, 5.41) is 9.74. The smallest absolute Gasteiger partial charge is 0.228 e. The van der Waals surface area contributed by atoms with Crippen molar-refractivity contribution in [3.63, 3.8) is 0 Å². The van der Waals surface area contributed by atoms with Crippen LogP contribution in [-0.2, 0) is 9.53 Å². The molecule has 4 nitrogen and oxygen atoms in total. The summed E-state index contributed by atoms with van der Waals surface area (Å²) >= 11 is 0. The van der Waals surface area contributed by atoms with E-state index in [0.717, 1.165) is 42.6 Å². The van der Waals surface area contributed by atoms with Gasteiger partial charge in [0.2, 0.25) is 5.91 Å². The lowest BCUT2D eigenvalue weighted by Gasteiger charge is -2.57. The Labute approximate surface area is 149 Å². The fraction of sp³-hybridized carbons (Fsp3) is 0.667. The largest absolute Gasteiger partial charge is 0.508 e. The van der Waals surface area contributed by atoms with Crippen LogP contribution in [0.2, 0.25) is 0 Å². The number of phenolic OH excluding ortho intramolecular Hbond substituents is 1. The van der Waals surface area contributed by atoms with Crippen LogP contribution in [0.4, 0.5) is 0 Å². The number of carbonyl (C=O) groups excluding carboxylic acids is 1. The first-order valence-electron chi connectivity index (χ1n) is 9.81. The molecule has 1 atom stereocenters. The number of ether oxygens (including phenoxy) is 1. The maximum atomic E-state index is 13.5. The van der Waals surface area contributed by atoms with Crippen molar-refractivity contribution in [1.82, 2.24) is 4.90 Å². The Hall–Kier alpha value is -1.55. The zero-order chi connectivity index (χ0) is 17.0. The van der Waals surface area contributed by atoms with Gasteiger partial charge in [-0.3, -0.25) is 4.79 Å². The molecule has 0 spiro atoms. The van der Waals surface area contributed by atoms with E-state index in [0.29, 0.717) is 25.6 Å². The van der Waals surface area contributed by atoms with Crippen molar-refractivity contribution >= 4 is 5.91 Å². The average molecular weight is 341 g/mol. The Morgan fingerprint density at radius 3 is 2.44 bits per heavy atom. The molecule has 1 N–H and O–H groups in total. The standard InChI is InChI=1S/C21H27NO3/c23-18-3-1-2-17(9-18)19-13-22(4-5-25-19)20(24)21-10-14-6-15(11-21)8-16(7-14)12-21/h1-3,9,14-16,19,23H,4-8,10-13H2/t14?,15?,16?,19-,21?/m0/s1. The first-order chi connectivity index (χ1) is 12.1. The molecule has 1 aromatic rings. The Morgan fingerprint density at radius 1 is 1.12 bits per heavy atom. The van der Waals surface area contributed by atoms with Gasteiger partial charge in [-0.15, -0.1) is 0 Å². The summed E-state index contributed by atoms with van der Waals surface area (Å²) in [7, 11) is 0. The molecular formula is C21H27NO3. The second-order valence-electron chi connectivity index (χ2n) is 8.90. The molecule has 0 aromatic heterocycles. The van der Waals surface area contributed by atoms with Crippen LogP contribution in [-0.4, -0.2) is 35.6 Å². The van der Waals surface area contributed by atoms with Crippen molar-refractivity contribution in [2.24, 2.45) is 23.2 Å². The van der Waals surface area contributed by atoms with E-state index in [1.165, 1.54) is 19.3 Å². The van der Waals surface area contributed by atoms with E-state index in [2.05, 4.69) is 4.90 Å². The molecule has 134 valence electrons. The van der Waals surface area contributed by atoms with Crippen molar-refractivity contribution in [3.8, 4) is 5.75 Å². The number of hydrogen-bond donors (Lipinski definition) is 1. The normalized spacial score (nSPS) is 39.6. The highest BCUT2D eigenvalue weighted by Gasteiger charge is 2.55. The number of amides is 1. The maximum absolute atomic E-state index is 13.5. The van der Waals surface area contributed by atoms with Gasteiger partial charge in [0.1, 0.15) is 11.9 Å². The van der Waals surface area contributed by atoms with E-state index in [1.807, 2.05) is 12.1 Å². The number of benzene rings is 1. The molecule has 4 saturated carbocycles. The van der Waals surface area contributed by atoms with Crippen LogP contribution in [0.25, 0.3) is 0 Å². The summed E-state index contributed by atoms with van der Waals surface area (Å²) < 4.78 is 5.91. The molecule has 1 heterocycles. The molecule has 0 unspecified atom stereocenters. The van der Waals surface area contributed by atoms with Gasteiger partial charge in [-0.05, 0) is 74.0 Å². The van der Waals surface area contributed by atoms with Crippen LogP contribution in [0.3, 0.4) is 0 Å². The zero-order valence-electron chi connectivity index (χ0n) is 14.7. The van der Waals surface area contributed by atoms with Crippen LogP contribution in [0.15, 0.2) is 24.3 Å². The van der Waals surface area contributed by atoms with Gasteiger partial charge in [0, 0.05) is 6.54 Å². The Morgan fingerprint density at radius 2 is 1.80 bits per heavy atom.